The fourth-order valence-corrected chi connectivity index (χ4v) is 2.83. The van der Waals surface area contributed by atoms with E-state index in [-0.39, 0.29) is 0 Å². The number of hydrogen-bond donors (Lipinski definition) is 0. The fourth-order valence-electron chi connectivity index (χ4n) is 2.02. The Kier molecular flexibility index (Phi) is 3.25. The van der Waals surface area contributed by atoms with Crippen LogP contribution in [0.4, 0.5) is 0 Å². The van der Waals surface area contributed by atoms with Crippen LogP contribution in [0.2, 0.25) is 0 Å². The van der Waals surface area contributed by atoms with Crippen LogP contribution in [0.1, 0.15) is 10.6 Å². The summed E-state index contributed by atoms with van der Waals surface area (Å²) in [5.41, 5.74) is 3.06. The summed E-state index contributed by atoms with van der Waals surface area (Å²) in [5.74, 6) is 0.906. The minimum absolute atomic E-state index is 0.306. The van der Waals surface area contributed by atoms with Crippen LogP contribution in [0.15, 0.2) is 30.0 Å². The molecule has 1 saturated heterocycles. The molecule has 0 unspecified atom stereocenters. The molecule has 3 heterocycles. The van der Waals surface area contributed by atoms with Gasteiger partial charge >= 0.3 is 0 Å². The Morgan fingerprint density at radius 3 is 2.83 bits per heavy atom. The van der Waals surface area contributed by atoms with Crippen molar-refractivity contribution in [3.05, 3.63) is 40.6 Å². The molecule has 4 nitrogen and oxygen atoms in total. The fraction of sp³-hybridized carbons (Fsp3) is 0.385. The first-order valence-corrected chi connectivity index (χ1v) is 6.87. The second-order valence-electron chi connectivity index (χ2n) is 4.48. The number of ether oxygens (including phenoxy) is 1. The van der Waals surface area contributed by atoms with E-state index >= 15 is 0 Å². The van der Waals surface area contributed by atoms with E-state index in [1.54, 1.807) is 23.7 Å². The van der Waals surface area contributed by atoms with Crippen LogP contribution in [-0.2, 0) is 6.54 Å². The van der Waals surface area contributed by atoms with Gasteiger partial charge in [0, 0.05) is 36.9 Å². The van der Waals surface area contributed by atoms with E-state index in [2.05, 4.69) is 21.8 Å². The third kappa shape index (κ3) is 2.52. The first-order chi connectivity index (χ1) is 8.81. The molecule has 5 heteroatoms. The van der Waals surface area contributed by atoms with Gasteiger partial charge in [0.2, 0.25) is 0 Å². The number of aromatic nitrogens is 2. The molecule has 1 aliphatic heterocycles. The first kappa shape index (κ1) is 11.6. The zero-order chi connectivity index (χ0) is 12.4. The van der Waals surface area contributed by atoms with E-state index in [1.165, 1.54) is 4.88 Å². The Balaban J connectivity index is 1.48. The van der Waals surface area contributed by atoms with Crippen molar-refractivity contribution in [1.82, 2.24) is 14.9 Å². The van der Waals surface area contributed by atoms with Crippen molar-refractivity contribution in [2.24, 2.45) is 0 Å². The van der Waals surface area contributed by atoms with Crippen LogP contribution >= 0.6 is 11.3 Å². The molecule has 1 fully saturated rings. The Bertz CT molecular complexity index is 508. The zero-order valence-corrected chi connectivity index (χ0v) is 11.1. The van der Waals surface area contributed by atoms with Gasteiger partial charge in [-0.3, -0.25) is 9.88 Å². The average molecular weight is 261 g/mol. The van der Waals surface area contributed by atoms with Crippen LogP contribution in [0.3, 0.4) is 0 Å². The van der Waals surface area contributed by atoms with E-state index in [1.807, 2.05) is 17.6 Å². The predicted octanol–water partition coefficient (Wildman–Crippen LogP) is 2.11. The third-order valence-electron chi connectivity index (χ3n) is 3.09. The quantitative estimate of drug-likeness (QED) is 0.845. The maximum Gasteiger partial charge on any atom is 0.124 e. The summed E-state index contributed by atoms with van der Waals surface area (Å²) in [5, 5.41) is 0. The van der Waals surface area contributed by atoms with Crippen LogP contribution in [0, 0.1) is 6.92 Å². The molecule has 0 spiro atoms. The Morgan fingerprint density at radius 1 is 1.39 bits per heavy atom. The van der Waals surface area contributed by atoms with Crippen molar-refractivity contribution in [2.75, 3.05) is 13.1 Å². The number of thiazole rings is 1. The first-order valence-electron chi connectivity index (χ1n) is 5.99. The van der Waals surface area contributed by atoms with E-state index in [4.69, 9.17) is 4.74 Å². The maximum absolute atomic E-state index is 5.84. The average Bonchev–Trinajstić information content (AvgIpc) is 2.74. The number of hydrogen-bond acceptors (Lipinski definition) is 5. The number of nitrogens with zero attached hydrogens (tertiary/aromatic N) is 3. The molecule has 0 atom stereocenters. The molecular weight excluding hydrogens is 246 g/mol. The summed E-state index contributed by atoms with van der Waals surface area (Å²) in [7, 11) is 0. The summed E-state index contributed by atoms with van der Waals surface area (Å²) in [6.45, 7) is 5.03. The Morgan fingerprint density at radius 2 is 2.17 bits per heavy atom. The summed E-state index contributed by atoms with van der Waals surface area (Å²) < 4.78 is 5.84. The lowest BCUT2D eigenvalue weighted by Gasteiger charge is -2.38. The van der Waals surface area contributed by atoms with Gasteiger partial charge < -0.3 is 4.74 Å². The van der Waals surface area contributed by atoms with E-state index in [9.17, 15) is 0 Å². The highest BCUT2D eigenvalue weighted by Crippen LogP contribution is 2.21. The number of pyridine rings is 1. The number of likely N-dealkylation sites (tertiary alicyclic amines) is 1. The molecule has 94 valence electrons. The van der Waals surface area contributed by atoms with Gasteiger partial charge in [-0.25, -0.2) is 4.98 Å². The lowest BCUT2D eigenvalue weighted by molar-refractivity contribution is 0.0150. The summed E-state index contributed by atoms with van der Waals surface area (Å²) in [6.07, 6.45) is 3.82. The second-order valence-corrected chi connectivity index (χ2v) is 5.42. The molecule has 0 bridgehead atoms. The smallest absolute Gasteiger partial charge is 0.124 e. The highest BCUT2D eigenvalue weighted by molar-refractivity contribution is 7.09. The van der Waals surface area contributed by atoms with E-state index in [0.717, 1.165) is 31.1 Å². The monoisotopic (exact) mass is 261 g/mol. The third-order valence-corrected chi connectivity index (χ3v) is 4.01. The van der Waals surface area contributed by atoms with Crippen molar-refractivity contribution in [1.29, 1.82) is 0 Å². The molecule has 18 heavy (non-hydrogen) atoms. The lowest BCUT2D eigenvalue weighted by atomic mass is 10.1. The van der Waals surface area contributed by atoms with Crippen molar-refractivity contribution in [2.45, 2.75) is 19.6 Å². The second kappa shape index (κ2) is 5.04. The van der Waals surface area contributed by atoms with Gasteiger partial charge in [-0.1, -0.05) is 0 Å². The molecule has 0 aromatic carbocycles. The van der Waals surface area contributed by atoms with Gasteiger partial charge in [0.15, 0.2) is 0 Å². The minimum Gasteiger partial charge on any atom is -0.488 e. The van der Waals surface area contributed by atoms with Crippen molar-refractivity contribution >= 4 is 11.3 Å². The predicted molar refractivity (Wildman–Crippen MR) is 70.8 cm³/mol. The van der Waals surface area contributed by atoms with Gasteiger partial charge in [-0.2, -0.15) is 0 Å². The van der Waals surface area contributed by atoms with Crippen LogP contribution in [-0.4, -0.2) is 34.1 Å². The van der Waals surface area contributed by atoms with Gasteiger partial charge in [0.25, 0.3) is 0 Å². The van der Waals surface area contributed by atoms with E-state index < -0.39 is 0 Å². The van der Waals surface area contributed by atoms with E-state index in [0.29, 0.717) is 6.10 Å². The molecular formula is C13H15N3OS. The van der Waals surface area contributed by atoms with Gasteiger partial charge in [-0.15, -0.1) is 11.3 Å². The highest BCUT2D eigenvalue weighted by Gasteiger charge is 2.28. The molecule has 3 rings (SSSR count). The normalized spacial score (nSPS) is 16.5. The topological polar surface area (TPSA) is 38.2 Å². The van der Waals surface area contributed by atoms with Gasteiger partial charge in [-0.05, 0) is 19.1 Å². The Hall–Kier alpha value is -1.46. The maximum atomic E-state index is 5.84. The molecule has 2 aromatic heterocycles. The molecule has 2 aromatic rings. The molecule has 0 N–H and O–H groups in total. The molecule has 1 aliphatic rings. The van der Waals surface area contributed by atoms with Gasteiger partial charge in [0.05, 0.1) is 11.2 Å². The largest absolute Gasteiger partial charge is 0.488 e. The van der Waals surface area contributed by atoms with Crippen LogP contribution in [0.25, 0.3) is 0 Å². The zero-order valence-electron chi connectivity index (χ0n) is 10.2. The van der Waals surface area contributed by atoms with Gasteiger partial charge in [0.1, 0.15) is 11.9 Å². The number of aryl methyl sites for hydroxylation is 1. The number of rotatable bonds is 4. The standard InChI is InChI=1S/C13H15N3OS/c1-10-13(18-9-15-10)8-16-6-12(7-16)17-11-2-4-14-5-3-11/h2-5,9,12H,6-8H2,1H3. The molecule has 0 amide bonds. The molecule has 0 saturated carbocycles. The van der Waals surface area contributed by atoms with Crippen molar-refractivity contribution < 1.29 is 4.74 Å². The lowest BCUT2D eigenvalue weighted by Crippen LogP contribution is -2.53. The van der Waals surface area contributed by atoms with Crippen LogP contribution < -0.4 is 4.74 Å². The highest BCUT2D eigenvalue weighted by atomic mass is 32.1. The minimum atomic E-state index is 0.306. The summed E-state index contributed by atoms with van der Waals surface area (Å²) >= 11 is 1.73. The molecule has 0 aliphatic carbocycles. The van der Waals surface area contributed by atoms with Crippen LogP contribution in [0.5, 0.6) is 5.75 Å². The summed E-state index contributed by atoms with van der Waals surface area (Å²) in [6, 6.07) is 3.80. The molecule has 0 radical (unpaired) electrons. The van der Waals surface area contributed by atoms with Crippen molar-refractivity contribution in [3.8, 4) is 5.75 Å². The Labute approximate surface area is 110 Å². The van der Waals surface area contributed by atoms with Crippen molar-refractivity contribution in [3.63, 3.8) is 0 Å². The SMILES string of the molecule is Cc1ncsc1CN1CC(Oc2ccncc2)C1. The summed E-state index contributed by atoms with van der Waals surface area (Å²) in [4.78, 5) is 12.0.